The van der Waals surface area contributed by atoms with E-state index in [9.17, 15) is 9.90 Å². The highest BCUT2D eigenvalue weighted by molar-refractivity contribution is 5.84. The van der Waals surface area contributed by atoms with Gasteiger partial charge >= 0.3 is 0 Å². The lowest BCUT2D eigenvalue weighted by Crippen LogP contribution is -2.58. The minimum atomic E-state index is -0.243. The van der Waals surface area contributed by atoms with E-state index in [1.165, 1.54) is 0 Å². The van der Waals surface area contributed by atoms with Gasteiger partial charge in [-0.3, -0.25) is 14.7 Å². The van der Waals surface area contributed by atoms with Gasteiger partial charge in [0.2, 0.25) is 5.91 Å². The number of primary amides is 1. The highest BCUT2D eigenvalue weighted by atomic mass is 16.3. The third-order valence-corrected chi connectivity index (χ3v) is 5.81. The van der Waals surface area contributed by atoms with Gasteiger partial charge in [0.25, 0.3) is 0 Å². The van der Waals surface area contributed by atoms with Crippen molar-refractivity contribution in [3.8, 4) is 0 Å². The van der Waals surface area contributed by atoms with E-state index in [1.54, 1.807) is 6.92 Å². The molecule has 0 aromatic heterocycles. The molecule has 1 aliphatic rings. The molecule has 170 valence electrons. The van der Waals surface area contributed by atoms with E-state index in [4.69, 9.17) is 11.5 Å². The molecular formula is C22H40N6O2. The fourth-order valence-electron chi connectivity index (χ4n) is 4.13. The van der Waals surface area contributed by atoms with E-state index in [0.29, 0.717) is 35.0 Å². The second-order valence-electron chi connectivity index (χ2n) is 8.03. The Morgan fingerprint density at radius 1 is 1.30 bits per heavy atom. The number of aliphatic imine (C=N–C) groups is 2. The topological polar surface area (TPSA) is 121 Å². The molecule has 1 heterocycles. The van der Waals surface area contributed by atoms with Crippen LogP contribution in [0.1, 0.15) is 53.4 Å². The molecule has 0 spiro atoms. The van der Waals surface area contributed by atoms with Crippen molar-refractivity contribution < 1.29 is 9.90 Å². The van der Waals surface area contributed by atoms with Crippen LogP contribution >= 0.6 is 0 Å². The first-order valence-corrected chi connectivity index (χ1v) is 10.8. The second-order valence-corrected chi connectivity index (χ2v) is 8.03. The fraction of sp³-hybridized carbons (Fsp3) is 0.682. The molecule has 8 heteroatoms. The molecule has 1 amide bonds. The number of hydrogen-bond acceptors (Lipinski definition) is 6. The van der Waals surface area contributed by atoms with Crippen LogP contribution in [-0.2, 0) is 4.79 Å². The van der Waals surface area contributed by atoms with Crippen molar-refractivity contribution in [1.82, 2.24) is 9.80 Å². The molecule has 5 N–H and O–H groups in total. The van der Waals surface area contributed by atoms with Gasteiger partial charge in [-0.05, 0) is 32.9 Å². The first-order valence-electron chi connectivity index (χ1n) is 10.8. The van der Waals surface area contributed by atoms with Crippen molar-refractivity contribution in [1.29, 1.82) is 0 Å². The maximum atomic E-state index is 11.6. The van der Waals surface area contributed by atoms with Gasteiger partial charge in [0.15, 0.2) is 0 Å². The van der Waals surface area contributed by atoms with Gasteiger partial charge in [0, 0.05) is 37.6 Å². The molecule has 0 aromatic rings. The molecule has 0 aromatic carbocycles. The van der Waals surface area contributed by atoms with Crippen molar-refractivity contribution in [3.05, 3.63) is 23.7 Å². The van der Waals surface area contributed by atoms with Crippen LogP contribution in [0.3, 0.4) is 0 Å². The molecule has 30 heavy (non-hydrogen) atoms. The molecule has 1 aliphatic heterocycles. The summed E-state index contributed by atoms with van der Waals surface area (Å²) in [5, 5.41) is 9.96. The average molecular weight is 421 g/mol. The highest BCUT2D eigenvalue weighted by Crippen LogP contribution is 2.24. The van der Waals surface area contributed by atoms with Crippen LogP contribution < -0.4 is 11.5 Å². The van der Waals surface area contributed by atoms with E-state index in [0.717, 1.165) is 45.3 Å². The van der Waals surface area contributed by atoms with Crippen LogP contribution in [-0.4, -0.2) is 71.7 Å². The van der Waals surface area contributed by atoms with E-state index in [1.807, 2.05) is 6.92 Å². The minimum absolute atomic E-state index is 0.145. The Morgan fingerprint density at radius 3 is 2.43 bits per heavy atom. The number of aliphatic hydroxyl groups excluding tert-OH is 1. The highest BCUT2D eigenvalue weighted by Gasteiger charge is 2.33. The summed E-state index contributed by atoms with van der Waals surface area (Å²) in [7, 11) is 0. The number of aliphatic hydroxyl groups is 1. The van der Waals surface area contributed by atoms with Crippen molar-refractivity contribution in [2.24, 2.45) is 27.4 Å². The number of hydrogen-bond donors (Lipinski definition) is 3. The SMILES string of the molecule is C=N/C(C(=C)N)=C(/C)N=C(CO)N1CCN(C(CCC)CC(C)C(N)=O)C(CC)C1. The second kappa shape index (κ2) is 12.5. The first-order chi connectivity index (χ1) is 14.2. The summed E-state index contributed by atoms with van der Waals surface area (Å²) in [6.45, 7) is 17.4. The lowest BCUT2D eigenvalue weighted by molar-refractivity contribution is -0.122. The summed E-state index contributed by atoms with van der Waals surface area (Å²) >= 11 is 0. The van der Waals surface area contributed by atoms with Gasteiger partial charge in [0.05, 0.1) is 11.4 Å². The Bertz CT molecular complexity index is 673. The standard InChI is InChI=1S/C22H40N6O2/c1-7-9-19(12-15(3)22(24)30)28-11-10-27(13-18(28)8-2)20(14-29)26-17(5)21(25-6)16(4)23/h15,18-19,29H,4,6-14,23H2,1-3,5H3,(H2,24,30)/b21-17-,26-20?. The zero-order chi connectivity index (χ0) is 22.8. The van der Waals surface area contributed by atoms with Crippen molar-refractivity contribution >= 4 is 18.5 Å². The molecule has 1 saturated heterocycles. The molecule has 3 atom stereocenters. The van der Waals surface area contributed by atoms with Gasteiger partial charge in [-0.15, -0.1) is 0 Å². The van der Waals surface area contributed by atoms with Crippen LogP contribution in [0.2, 0.25) is 0 Å². The van der Waals surface area contributed by atoms with Crippen LogP contribution in [0.25, 0.3) is 0 Å². The van der Waals surface area contributed by atoms with E-state index >= 15 is 0 Å². The number of nitrogens with zero attached hydrogens (tertiary/aromatic N) is 4. The van der Waals surface area contributed by atoms with Crippen LogP contribution in [0.4, 0.5) is 0 Å². The van der Waals surface area contributed by atoms with Gasteiger partial charge in [-0.2, -0.15) is 0 Å². The number of carbonyl (C=O) groups excluding carboxylic acids is 1. The molecule has 1 rings (SSSR count). The lowest BCUT2D eigenvalue weighted by Gasteiger charge is -2.46. The summed E-state index contributed by atoms with van der Waals surface area (Å²) < 4.78 is 0. The quantitative estimate of drug-likeness (QED) is 0.268. The monoisotopic (exact) mass is 420 g/mol. The Balaban J connectivity index is 3.05. The Labute approximate surface area is 181 Å². The third kappa shape index (κ3) is 6.95. The molecule has 0 bridgehead atoms. The molecule has 0 saturated carbocycles. The summed E-state index contributed by atoms with van der Waals surface area (Å²) in [4.78, 5) is 24.7. The van der Waals surface area contributed by atoms with Gasteiger partial charge < -0.3 is 21.5 Å². The van der Waals surface area contributed by atoms with Crippen LogP contribution in [0, 0.1) is 5.92 Å². The molecule has 1 fully saturated rings. The molecule has 8 nitrogen and oxygen atoms in total. The van der Waals surface area contributed by atoms with Crippen molar-refractivity contribution in [3.63, 3.8) is 0 Å². The number of allylic oxidation sites excluding steroid dienone is 1. The van der Waals surface area contributed by atoms with Crippen LogP contribution in [0.15, 0.2) is 33.7 Å². The minimum Gasteiger partial charge on any atom is -0.397 e. The van der Waals surface area contributed by atoms with Gasteiger partial charge in [-0.1, -0.05) is 33.8 Å². The zero-order valence-corrected chi connectivity index (χ0v) is 19.1. The molecule has 3 unspecified atom stereocenters. The fourth-order valence-corrected chi connectivity index (χ4v) is 4.13. The summed E-state index contributed by atoms with van der Waals surface area (Å²) in [5.74, 6) is 0.201. The first kappa shape index (κ1) is 25.8. The summed E-state index contributed by atoms with van der Waals surface area (Å²) in [6.07, 6.45) is 3.83. The predicted molar refractivity (Wildman–Crippen MR) is 124 cm³/mol. The number of amides is 1. The number of piperazine rings is 1. The predicted octanol–water partition coefficient (Wildman–Crippen LogP) is 1.86. The Hall–Kier alpha value is -2.19. The summed E-state index contributed by atoms with van der Waals surface area (Å²) in [6, 6.07) is 0.621. The maximum Gasteiger partial charge on any atom is 0.220 e. The van der Waals surface area contributed by atoms with Crippen molar-refractivity contribution in [2.75, 3.05) is 26.2 Å². The Morgan fingerprint density at radius 2 is 1.97 bits per heavy atom. The number of amidine groups is 1. The Kier molecular flexibility index (Phi) is 10.8. The molecule has 0 radical (unpaired) electrons. The zero-order valence-electron chi connectivity index (χ0n) is 19.1. The number of carbonyl (C=O) groups is 1. The van der Waals surface area contributed by atoms with Gasteiger partial charge in [-0.25, -0.2) is 4.99 Å². The van der Waals surface area contributed by atoms with E-state index in [2.05, 4.69) is 46.9 Å². The van der Waals surface area contributed by atoms with Gasteiger partial charge in [0.1, 0.15) is 18.1 Å². The average Bonchev–Trinajstić information content (AvgIpc) is 2.71. The van der Waals surface area contributed by atoms with E-state index < -0.39 is 0 Å². The van der Waals surface area contributed by atoms with E-state index in [-0.39, 0.29) is 18.4 Å². The maximum absolute atomic E-state index is 11.6. The van der Waals surface area contributed by atoms with Crippen molar-refractivity contribution in [2.45, 2.75) is 65.5 Å². The summed E-state index contributed by atoms with van der Waals surface area (Å²) in [5.41, 5.74) is 12.6. The smallest absolute Gasteiger partial charge is 0.220 e. The third-order valence-electron chi connectivity index (χ3n) is 5.81. The normalized spacial score (nSPS) is 21.0. The number of nitrogens with two attached hydrogens (primary N) is 2. The molecular weight excluding hydrogens is 380 g/mol. The number of rotatable bonds is 11. The largest absolute Gasteiger partial charge is 0.397 e. The van der Waals surface area contributed by atoms with Crippen LogP contribution in [0.5, 0.6) is 0 Å². The molecule has 0 aliphatic carbocycles. The lowest BCUT2D eigenvalue weighted by atomic mass is 9.94.